The summed E-state index contributed by atoms with van der Waals surface area (Å²) in [5.74, 6) is 0.600. The maximum absolute atomic E-state index is 12.3. The number of rotatable bonds is 8. The Labute approximate surface area is 175 Å². The average molecular weight is 404 g/mol. The molecule has 6 heteroatoms. The highest BCUT2D eigenvalue weighted by molar-refractivity contribution is 5.96. The normalized spacial score (nSPS) is 10.2. The van der Waals surface area contributed by atoms with Crippen molar-refractivity contribution in [1.29, 1.82) is 0 Å². The van der Waals surface area contributed by atoms with E-state index < -0.39 is 0 Å². The molecule has 3 aromatic rings. The van der Waals surface area contributed by atoms with Crippen LogP contribution in [0.1, 0.15) is 21.5 Å². The molecule has 30 heavy (non-hydrogen) atoms. The molecule has 2 amide bonds. The van der Waals surface area contributed by atoms with Crippen LogP contribution in [0.15, 0.2) is 72.8 Å². The first-order valence-electron chi connectivity index (χ1n) is 9.54. The van der Waals surface area contributed by atoms with E-state index in [1.807, 2.05) is 49.4 Å². The molecule has 154 valence electrons. The number of benzene rings is 3. The lowest BCUT2D eigenvalue weighted by molar-refractivity contribution is -0.118. The number of methoxy groups -OCH3 is 1. The number of aryl methyl sites for hydroxylation is 1. The number of nitrogens with one attached hydrogen (secondary N) is 2. The van der Waals surface area contributed by atoms with Crippen LogP contribution in [0.2, 0.25) is 0 Å². The lowest BCUT2D eigenvalue weighted by atomic mass is 10.1. The summed E-state index contributed by atoms with van der Waals surface area (Å²) in [5.41, 5.74) is 3.17. The molecule has 0 unspecified atom stereocenters. The molecule has 2 N–H and O–H groups in total. The molecule has 0 spiro atoms. The Morgan fingerprint density at radius 1 is 0.900 bits per heavy atom. The molecule has 0 fully saturated rings. The van der Waals surface area contributed by atoms with E-state index >= 15 is 0 Å². The molecule has 0 heterocycles. The largest absolute Gasteiger partial charge is 0.493 e. The number of hydrogen-bond acceptors (Lipinski definition) is 4. The Morgan fingerprint density at radius 3 is 2.33 bits per heavy atom. The fourth-order valence-electron chi connectivity index (χ4n) is 2.82. The highest BCUT2D eigenvalue weighted by Gasteiger charge is 2.09. The summed E-state index contributed by atoms with van der Waals surface area (Å²) in [4.78, 5) is 24.4. The van der Waals surface area contributed by atoms with Crippen LogP contribution in [0.4, 0.5) is 5.69 Å². The quantitative estimate of drug-likeness (QED) is 0.596. The van der Waals surface area contributed by atoms with Crippen LogP contribution < -0.4 is 20.1 Å². The Kier molecular flexibility index (Phi) is 7.05. The van der Waals surface area contributed by atoms with E-state index in [-0.39, 0.29) is 18.4 Å². The summed E-state index contributed by atoms with van der Waals surface area (Å²) in [7, 11) is 1.55. The van der Waals surface area contributed by atoms with Crippen molar-refractivity contribution < 1.29 is 19.1 Å². The van der Waals surface area contributed by atoms with Crippen molar-refractivity contribution in [2.75, 3.05) is 19.0 Å². The van der Waals surface area contributed by atoms with E-state index in [4.69, 9.17) is 9.47 Å². The second-order valence-electron chi connectivity index (χ2n) is 6.74. The molecule has 0 aliphatic rings. The van der Waals surface area contributed by atoms with Gasteiger partial charge in [-0.15, -0.1) is 0 Å². The average Bonchev–Trinajstić information content (AvgIpc) is 2.77. The highest BCUT2D eigenvalue weighted by atomic mass is 16.5. The van der Waals surface area contributed by atoms with E-state index in [2.05, 4.69) is 10.6 Å². The number of anilines is 1. The second-order valence-corrected chi connectivity index (χ2v) is 6.74. The monoisotopic (exact) mass is 404 g/mol. The van der Waals surface area contributed by atoms with Gasteiger partial charge >= 0.3 is 0 Å². The minimum Gasteiger partial charge on any atom is -0.493 e. The van der Waals surface area contributed by atoms with Crippen LogP contribution in [0.25, 0.3) is 0 Å². The Hall–Kier alpha value is -3.80. The fourth-order valence-corrected chi connectivity index (χ4v) is 2.82. The maximum atomic E-state index is 12.3. The van der Waals surface area contributed by atoms with Gasteiger partial charge in [0.05, 0.1) is 7.11 Å². The number of carbonyl (C=O) groups excluding carboxylic acids is 2. The second kappa shape index (κ2) is 10.1. The SMILES string of the molecule is COc1cc(C)ccc1OCC(=O)Nc1ccc(C(=O)NCc2ccccc2)cc1. The van der Waals surface area contributed by atoms with E-state index in [1.165, 1.54) is 0 Å². The van der Waals surface area contributed by atoms with Crippen LogP contribution in [-0.2, 0) is 11.3 Å². The van der Waals surface area contributed by atoms with Crippen LogP contribution in [-0.4, -0.2) is 25.5 Å². The summed E-state index contributed by atoms with van der Waals surface area (Å²) in [6.45, 7) is 2.25. The summed E-state index contributed by atoms with van der Waals surface area (Å²) in [6.07, 6.45) is 0. The smallest absolute Gasteiger partial charge is 0.262 e. The van der Waals surface area contributed by atoms with Crippen LogP contribution in [0.3, 0.4) is 0 Å². The summed E-state index contributed by atoms with van der Waals surface area (Å²) in [5, 5.41) is 5.62. The fraction of sp³-hybridized carbons (Fsp3) is 0.167. The zero-order chi connectivity index (χ0) is 21.3. The van der Waals surface area contributed by atoms with Gasteiger partial charge in [-0.25, -0.2) is 0 Å². The van der Waals surface area contributed by atoms with Gasteiger partial charge in [0.2, 0.25) is 0 Å². The van der Waals surface area contributed by atoms with Gasteiger partial charge in [-0.3, -0.25) is 9.59 Å². The molecule has 0 aliphatic carbocycles. The molecule has 0 aromatic heterocycles. The van der Waals surface area contributed by atoms with Gasteiger partial charge in [0.1, 0.15) is 0 Å². The predicted molar refractivity (Wildman–Crippen MR) is 116 cm³/mol. The maximum Gasteiger partial charge on any atom is 0.262 e. The number of hydrogen-bond donors (Lipinski definition) is 2. The Bertz CT molecular complexity index is 1000. The summed E-state index contributed by atoms with van der Waals surface area (Å²) >= 11 is 0. The molecule has 0 saturated heterocycles. The summed E-state index contributed by atoms with van der Waals surface area (Å²) in [6, 6.07) is 21.9. The van der Waals surface area contributed by atoms with Crippen molar-refractivity contribution in [2.24, 2.45) is 0 Å². The Morgan fingerprint density at radius 2 is 1.63 bits per heavy atom. The molecule has 3 rings (SSSR count). The molecule has 0 saturated carbocycles. The first kappa shape index (κ1) is 20.9. The highest BCUT2D eigenvalue weighted by Crippen LogP contribution is 2.27. The van der Waals surface area contributed by atoms with Gasteiger partial charge in [0.25, 0.3) is 11.8 Å². The van der Waals surface area contributed by atoms with Gasteiger partial charge < -0.3 is 20.1 Å². The zero-order valence-corrected chi connectivity index (χ0v) is 17.0. The topological polar surface area (TPSA) is 76.7 Å². The van der Waals surface area contributed by atoms with E-state index in [0.29, 0.717) is 29.3 Å². The van der Waals surface area contributed by atoms with Crippen molar-refractivity contribution in [3.8, 4) is 11.5 Å². The van der Waals surface area contributed by atoms with Gasteiger partial charge in [0.15, 0.2) is 18.1 Å². The van der Waals surface area contributed by atoms with Gasteiger partial charge in [-0.1, -0.05) is 36.4 Å². The molecule has 0 radical (unpaired) electrons. The van der Waals surface area contributed by atoms with Crippen LogP contribution in [0.5, 0.6) is 11.5 Å². The minimum absolute atomic E-state index is 0.154. The van der Waals surface area contributed by atoms with Crippen molar-refractivity contribution in [3.63, 3.8) is 0 Å². The van der Waals surface area contributed by atoms with Gasteiger partial charge in [0, 0.05) is 17.8 Å². The standard InChI is InChI=1S/C24H24N2O4/c1-17-8-13-21(22(14-17)29-2)30-16-23(27)26-20-11-9-19(10-12-20)24(28)25-15-18-6-4-3-5-7-18/h3-14H,15-16H2,1-2H3,(H,25,28)(H,26,27). The van der Waals surface area contributed by atoms with Crippen LogP contribution >= 0.6 is 0 Å². The molecular weight excluding hydrogens is 380 g/mol. The third kappa shape index (κ3) is 5.85. The van der Waals surface area contributed by atoms with Crippen molar-refractivity contribution >= 4 is 17.5 Å². The predicted octanol–water partition coefficient (Wildman–Crippen LogP) is 3.95. The molecule has 6 nitrogen and oxygen atoms in total. The Balaban J connectivity index is 1.50. The molecule has 0 atom stereocenters. The van der Waals surface area contributed by atoms with E-state index in [9.17, 15) is 9.59 Å². The summed E-state index contributed by atoms with van der Waals surface area (Å²) < 4.78 is 10.8. The van der Waals surface area contributed by atoms with Crippen molar-refractivity contribution in [1.82, 2.24) is 5.32 Å². The van der Waals surface area contributed by atoms with Crippen molar-refractivity contribution in [3.05, 3.63) is 89.5 Å². The van der Waals surface area contributed by atoms with Crippen LogP contribution in [0, 0.1) is 6.92 Å². The first-order valence-corrected chi connectivity index (χ1v) is 9.54. The lowest BCUT2D eigenvalue weighted by Gasteiger charge is -2.11. The number of carbonyl (C=O) groups is 2. The first-order chi connectivity index (χ1) is 14.5. The molecular formula is C24H24N2O4. The van der Waals surface area contributed by atoms with Crippen molar-refractivity contribution in [2.45, 2.75) is 13.5 Å². The number of amides is 2. The third-order valence-corrected chi connectivity index (χ3v) is 4.40. The third-order valence-electron chi connectivity index (χ3n) is 4.40. The zero-order valence-electron chi connectivity index (χ0n) is 17.0. The number of ether oxygens (including phenoxy) is 2. The van der Waals surface area contributed by atoms with E-state index in [1.54, 1.807) is 37.4 Å². The van der Waals surface area contributed by atoms with E-state index in [0.717, 1.165) is 11.1 Å². The molecule has 0 aliphatic heterocycles. The van der Waals surface area contributed by atoms with Gasteiger partial charge in [-0.05, 0) is 54.4 Å². The lowest BCUT2D eigenvalue weighted by Crippen LogP contribution is -2.23. The minimum atomic E-state index is -0.307. The molecule has 0 bridgehead atoms. The van der Waals surface area contributed by atoms with Gasteiger partial charge in [-0.2, -0.15) is 0 Å². The molecule has 3 aromatic carbocycles.